The predicted octanol–water partition coefficient (Wildman–Crippen LogP) is 1.51. The summed E-state index contributed by atoms with van der Waals surface area (Å²) in [4.78, 5) is 24.6. The van der Waals surface area contributed by atoms with Crippen molar-refractivity contribution in [1.82, 2.24) is 10.2 Å². The van der Waals surface area contributed by atoms with Crippen molar-refractivity contribution in [3.8, 4) is 0 Å². The maximum Gasteiger partial charge on any atom is 0.320 e. The lowest BCUT2D eigenvalue weighted by Crippen LogP contribution is -2.50. The molecule has 1 amide bonds. The standard InChI is InChI=1S/C12H24N2O3.ClH/c1-5-8-10(12(16)17)13-9(4)11(15)14(6-2)7-3;/h9-10,13H,5-8H2,1-4H3,(H,16,17);1H. The van der Waals surface area contributed by atoms with Gasteiger partial charge in [0.25, 0.3) is 0 Å². The maximum atomic E-state index is 11.9. The van der Waals surface area contributed by atoms with Crippen LogP contribution in [0.15, 0.2) is 0 Å². The summed E-state index contributed by atoms with van der Waals surface area (Å²) in [7, 11) is 0. The van der Waals surface area contributed by atoms with Crippen LogP contribution in [0.25, 0.3) is 0 Å². The van der Waals surface area contributed by atoms with Crippen LogP contribution in [0.1, 0.15) is 40.5 Å². The van der Waals surface area contributed by atoms with Crippen molar-refractivity contribution < 1.29 is 14.7 Å². The van der Waals surface area contributed by atoms with Gasteiger partial charge in [-0.1, -0.05) is 13.3 Å². The van der Waals surface area contributed by atoms with Gasteiger partial charge in [-0.3, -0.25) is 14.9 Å². The second-order valence-corrected chi connectivity index (χ2v) is 4.08. The Morgan fingerprint density at radius 2 is 1.72 bits per heavy atom. The summed E-state index contributed by atoms with van der Waals surface area (Å²) in [5, 5.41) is 11.9. The number of halogens is 1. The Balaban J connectivity index is 0. The van der Waals surface area contributed by atoms with Gasteiger partial charge < -0.3 is 10.0 Å². The van der Waals surface area contributed by atoms with Gasteiger partial charge >= 0.3 is 5.97 Å². The molecule has 0 heterocycles. The fourth-order valence-corrected chi connectivity index (χ4v) is 1.75. The largest absolute Gasteiger partial charge is 0.480 e. The molecule has 0 rings (SSSR count). The first-order valence-corrected chi connectivity index (χ1v) is 6.25. The number of carboxylic acids is 1. The fraction of sp³-hybridized carbons (Fsp3) is 0.833. The molecule has 5 nitrogen and oxygen atoms in total. The highest BCUT2D eigenvalue weighted by Gasteiger charge is 2.24. The van der Waals surface area contributed by atoms with Crippen LogP contribution in [0.5, 0.6) is 0 Å². The summed E-state index contributed by atoms with van der Waals surface area (Å²) >= 11 is 0. The van der Waals surface area contributed by atoms with Gasteiger partial charge in [-0.25, -0.2) is 0 Å². The lowest BCUT2D eigenvalue weighted by Gasteiger charge is -2.25. The molecule has 0 aromatic rings. The lowest BCUT2D eigenvalue weighted by atomic mass is 10.1. The summed E-state index contributed by atoms with van der Waals surface area (Å²) in [6.45, 7) is 8.75. The topological polar surface area (TPSA) is 69.6 Å². The molecular formula is C12H25ClN2O3. The van der Waals surface area contributed by atoms with E-state index < -0.39 is 18.1 Å². The number of carbonyl (C=O) groups excluding carboxylic acids is 1. The van der Waals surface area contributed by atoms with Crippen LogP contribution in [0, 0.1) is 0 Å². The molecule has 2 N–H and O–H groups in total. The monoisotopic (exact) mass is 280 g/mol. The molecule has 6 heteroatoms. The van der Waals surface area contributed by atoms with Crippen LogP contribution in [-0.2, 0) is 9.59 Å². The molecule has 0 aromatic heterocycles. The normalized spacial score (nSPS) is 13.3. The smallest absolute Gasteiger partial charge is 0.320 e. The van der Waals surface area contributed by atoms with Crippen molar-refractivity contribution in [3.05, 3.63) is 0 Å². The van der Waals surface area contributed by atoms with Crippen LogP contribution in [0.4, 0.5) is 0 Å². The maximum absolute atomic E-state index is 11.9. The minimum absolute atomic E-state index is 0. The molecule has 0 aromatic carbocycles. The Morgan fingerprint density at radius 1 is 1.22 bits per heavy atom. The van der Waals surface area contributed by atoms with E-state index in [9.17, 15) is 9.59 Å². The van der Waals surface area contributed by atoms with Gasteiger partial charge in [0.15, 0.2) is 0 Å². The molecule has 0 saturated heterocycles. The van der Waals surface area contributed by atoms with Crippen LogP contribution < -0.4 is 5.32 Å². The van der Waals surface area contributed by atoms with Gasteiger partial charge in [-0.15, -0.1) is 12.4 Å². The SMILES string of the molecule is CCCC(NC(C)C(=O)N(CC)CC)C(=O)O.Cl. The summed E-state index contributed by atoms with van der Waals surface area (Å²) in [6.07, 6.45) is 1.31. The third-order valence-electron chi connectivity index (χ3n) is 2.77. The average molecular weight is 281 g/mol. The van der Waals surface area contributed by atoms with E-state index in [2.05, 4.69) is 5.32 Å². The van der Waals surface area contributed by atoms with Crippen LogP contribution in [-0.4, -0.2) is 47.1 Å². The van der Waals surface area contributed by atoms with Crippen LogP contribution >= 0.6 is 12.4 Å². The average Bonchev–Trinajstić information content (AvgIpc) is 2.29. The van der Waals surface area contributed by atoms with E-state index in [1.54, 1.807) is 11.8 Å². The van der Waals surface area contributed by atoms with Crippen molar-refractivity contribution >= 4 is 24.3 Å². The van der Waals surface area contributed by atoms with Crippen LogP contribution in [0.2, 0.25) is 0 Å². The minimum atomic E-state index is -0.897. The second-order valence-electron chi connectivity index (χ2n) is 4.08. The van der Waals surface area contributed by atoms with E-state index in [-0.39, 0.29) is 18.3 Å². The minimum Gasteiger partial charge on any atom is -0.480 e. The summed E-state index contributed by atoms with van der Waals surface area (Å²) in [6, 6.07) is -1.10. The number of aliphatic carboxylic acids is 1. The van der Waals surface area contributed by atoms with E-state index in [1.807, 2.05) is 20.8 Å². The Hall–Kier alpha value is -0.810. The number of nitrogens with zero attached hydrogens (tertiary/aromatic N) is 1. The molecular weight excluding hydrogens is 256 g/mol. The molecule has 0 spiro atoms. The zero-order valence-electron chi connectivity index (χ0n) is 11.6. The van der Waals surface area contributed by atoms with Crippen molar-refractivity contribution in [1.29, 1.82) is 0 Å². The molecule has 0 bridgehead atoms. The number of carbonyl (C=O) groups is 2. The van der Waals surface area contributed by atoms with E-state index in [0.717, 1.165) is 6.42 Å². The van der Waals surface area contributed by atoms with E-state index in [4.69, 9.17) is 5.11 Å². The third kappa shape index (κ3) is 6.21. The van der Waals surface area contributed by atoms with Gasteiger partial charge in [0.05, 0.1) is 6.04 Å². The summed E-state index contributed by atoms with van der Waals surface area (Å²) < 4.78 is 0. The van der Waals surface area contributed by atoms with E-state index >= 15 is 0 Å². The van der Waals surface area contributed by atoms with E-state index in [1.165, 1.54) is 0 Å². The number of hydrogen-bond donors (Lipinski definition) is 2. The van der Waals surface area contributed by atoms with Gasteiger partial charge in [-0.05, 0) is 27.2 Å². The van der Waals surface area contributed by atoms with Crippen LogP contribution in [0.3, 0.4) is 0 Å². The number of hydrogen-bond acceptors (Lipinski definition) is 3. The fourth-order valence-electron chi connectivity index (χ4n) is 1.75. The number of rotatable bonds is 8. The second kappa shape index (κ2) is 10.1. The van der Waals surface area contributed by atoms with E-state index in [0.29, 0.717) is 19.5 Å². The van der Waals surface area contributed by atoms with Crippen molar-refractivity contribution in [2.75, 3.05) is 13.1 Å². The zero-order valence-corrected chi connectivity index (χ0v) is 12.4. The highest BCUT2D eigenvalue weighted by atomic mass is 35.5. The summed E-state index contributed by atoms with van der Waals surface area (Å²) in [5.41, 5.74) is 0. The van der Waals surface area contributed by atoms with Crippen molar-refractivity contribution in [2.24, 2.45) is 0 Å². The molecule has 2 atom stereocenters. The lowest BCUT2D eigenvalue weighted by molar-refractivity contribution is -0.140. The molecule has 108 valence electrons. The van der Waals surface area contributed by atoms with Gasteiger partial charge in [0.1, 0.15) is 6.04 Å². The molecule has 18 heavy (non-hydrogen) atoms. The first-order chi connectivity index (χ1) is 7.97. The Morgan fingerprint density at radius 3 is 2.06 bits per heavy atom. The molecule has 0 aliphatic carbocycles. The van der Waals surface area contributed by atoms with Crippen molar-refractivity contribution in [3.63, 3.8) is 0 Å². The highest BCUT2D eigenvalue weighted by Crippen LogP contribution is 2.01. The summed E-state index contributed by atoms with van der Waals surface area (Å²) in [5.74, 6) is -0.941. The zero-order chi connectivity index (χ0) is 13.4. The number of amides is 1. The Bertz CT molecular complexity index is 258. The Kier molecular flexibility index (Phi) is 11.0. The molecule has 0 saturated carbocycles. The molecule has 0 fully saturated rings. The molecule has 0 aliphatic rings. The van der Waals surface area contributed by atoms with Crippen molar-refractivity contribution in [2.45, 2.75) is 52.6 Å². The van der Waals surface area contributed by atoms with Gasteiger partial charge in [0.2, 0.25) is 5.91 Å². The predicted molar refractivity (Wildman–Crippen MR) is 74.1 cm³/mol. The van der Waals surface area contributed by atoms with Gasteiger partial charge in [0, 0.05) is 13.1 Å². The number of carboxylic acid groups (broad SMARTS) is 1. The first-order valence-electron chi connectivity index (χ1n) is 6.25. The third-order valence-corrected chi connectivity index (χ3v) is 2.77. The quantitative estimate of drug-likeness (QED) is 0.707. The highest BCUT2D eigenvalue weighted by molar-refractivity contribution is 5.85. The molecule has 0 radical (unpaired) electrons. The van der Waals surface area contributed by atoms with Gasteiger partial charge in [-0.2, -0.15) is 0 Å². The Labute approximate surface area is 115 Å². The molecule has 0 aliphatic heterocycles. The number of nitrogens with one attached hydrogen (secondary N) is 1. The molecule has 2 unspecified atom stereocenters. The first kappa shape index (κ1) is 19.5. The number of likely N-dealkylation sites (N-methyl/N-ethyl adjacent to an activating group) is 1.